The zero-order valence-electron chi connectivity index (χ0n) is 18.6. The van der Waals surface area contributed by atoms with Gasteiger partial charge in [0.15, 0.2) is 0 Å². The Bertz CT molecular complexity index is 799. The van der Waals surface area contributed by atoms with Crippen molar-refractivity contribution >= 4 is 17.5 Å². The van der Waals surface area contributed by atoms with Crippen LogP contribution >= 0.6 is 0 Å². The van der Waals surface area contributed by atoms with E-state index in [1.54, 1.807) is 0 Å². The topological polar surface area (TPSA) is 32.3 Å². The van der Waals surface area contributed by atoms with Crippen molar-refractivity contribution < 1.29 is 0 Å². The average molecular weight is 381 g/mol. The summed E-state index contributed by atoms with van der Waals surface area (Å²) >= 11 is 0. The highest BCUT2D eigenvalue weighted by atomic mass is 15.3. The highest BCUT2D eigenvalue weighted by molar-refractivity contribution is 5.68. The first-order valence-electron chi connectivity index (χ1n) is 11.0. The van der Waals surface area contributed by atoms with Gasteiger partial charge in [0.2, 0.25) is 5.95 Å². The molecule has 1 heterocycles. The number of aromatic nitrogens is 2. The van der Waals surface area contributed by atoms with Crippen LogP contribution in [0.4, 0.5) is 17.5 Å². The van der Waals surface area contributed by atoms with E-state index in [0.717, 1.165) is 51.3 Å². The third-order valence-corrected chi connectivity index (χ3v) is 5.65. The molecular formula is C24H36N4. The molecule has 0 N–H and O–H groups in total. The molecule has 1 aromatic carbocycles. The summed E-state index contributed by atoms with van der Waals surface area (Å²) in [5.41, 5.74) is 7.81. The minimum Gasteiger partial charge on any atom is -0.356 e. The molecule has 28 heavy (non-hydrogen) atoms. The SMILES string of the molecule is CCCN(CCC)c1nc(N(CC)c2c(C)cc(C)cc2C)nc2c1CCC2. The molecule has 0 bridgehead atoms. The molecule has 4 heteroatoms. The van der Waals surface area contributed by atoms with E-state index in [-0.39, 0.29) is 0 Å². The van der Waals surface area contributed by atoms with Crippen molar-refractivity contribution in [2.75, 3.05) is 29.4 Å². The van der Waals surface area contributed by atoms with E-state index in [0.29, 0.717) is 0 Å². The van der Waals surface area contributed by atoms with Crippen LogP contribution in [-0.4, -0.2) is 29.6 Å². The summed E-state index contributed by atoms with van der Waals surface area (Å²) in [5.74, 6) is 2.05. The Morgan fingerprint density at radius 1 is 0.893 bits per heavy atom. The van der Waals surface area contributed by atoms with Gasteiger partial charge in [0.1, 0.15) is 5.82 Å². The molecule has 0 saturated carbocycles. The van der Waals surface area contributed by atoms with Crippen molar-refractivity contribution in [1.29, 1.82) is 0 Å². The number of anilines is 3. The van der Waals surface area contributed by atoms with E-state index in [2.05, 4.69) is 63.5 Å². The Hall–Kier alpha value is -2.10. The zero-order chi connectivity index (χ0) is 20.3. The molecular weight excluding hydrogens is 344 g/mol. The Balaban J connectivity index is 2.12. The fraction of sp³-hybridized carbons (Fsp3) is 0.583. The third-order valence-electron chi connectivity index (χ3n) is 5.65. The van der Waals surface area contributed by atoms with Crippen LogP contribution in [0.3, 0.4) is 0 Å². The molecule has 0 atom stereocenters. The highest BCUT2D eigenvalue weighted by Crippen LogP contribution is 2.35. The van der Waals surface area contributed by atoms with Crippen molar-refractivity contribution in [3.8, 4) is 0 Å². The monoisotopic (exact) mass is 380 g/mol. The molecule has 1 aromatic heterocycles. The normalized spacial score (nSPS) is 12.9. The minimum absolute atomic E-state index is 0.866. The van der Waals surface area contributed by atoms with Crippen molar-refractivity contribution in [3.63, 3.8) is 0 Å². The standard InChI is InChI=1S/C24H36N4/c1-7-13-27(14-8-2)23-20-11-10-12-21(20)25-24(26-23)28(9-3)22-18(5)15-17(4)16-19(22)6/h15-16H,7-14H2,1-6H3. The molecule has 0 unspecified atom stereocenters. The van der Waals surface area contributed by atoms with Gasteiger partial charge in [-0.05, 0) is 70.9 Å². The molecule has 2 aromatic rings. The molecule has 0 radical (unpaired) electrons. The molecule has 4 nitrogen and oxygen atoms in total. The van der Waals surface area contributed by atoms with Crippen LogP contribution in [0.2, 0.25) is 0 Å². The van der Waals surface area contributed by atoms with Crippen molar-refractivity contribution in [2.45, 2.75) is 73.6 Å². The van der Waals surface area contributed by atoms with Gasteiger partial charge in [-0.15, -0.1) is 0 Å². The van der Waals surface area contributed by atoms with Crippen LogP contribution in [0.1, 0.15) is 68.0 Å². The lowest BCUT2D eigenvalue weighted by Gasteiger charge is -2.29. The first kappa shape index (κ1) is 20.6. The second-order valence-electron chi connectivity index (χ2n) is 8.10. The first-order valence-corrected chi connectivity index (χ1v) is 11.0. The van der Waals surface area contributed by atoms with Gasteiger partial charge in [0.25, 0.3) is 0 Å². The smallest absolute Gasteiger partial charge is 0.232 e. The lowest BCUT2D eigenvalue weighted by Crippen LogP contribution is -2.29. The molecule has 1 aliphatic rings. The summed E-state index contributed by atoms with van der Waals surface area (Å²) in [4.78, 5) is 15.0. The van der Waals surface area contributed by atoms with E-state index in [1.807, 2.05) is 0 Å². The van der Waals surface area contributed by atoms with Gasteiger partial charge in [0.05, 0.1) is 5.69 Å². The third kappa shape index (κ3) is 4.01. The summed E-state index contributed by atoms with van der Waals surface area (Å²) in [6.45, 7) is 16.3. The van der Waals surface area contributed by atoms with Gasteiger partial charge in [-0.1, -0.05) is 31.5 Å². The van der Waals surface area contributed by atoms with Gasteiger partial charge in [-0.25, -0.2) is 4.98 Å². The maximum absolute atomic E-state index is 5.17. The van der Waals surface area contributed by atoms with Crippen LogP contribution in [-0.2, 0) is 12.8 Å². The molecule has 0 amide bonds. The summed E-state index contributed by atoms with van der Waals surface area (Å²) < 4.78 is 0. The highest BCUT2D eigenvalue weighted by Gasteiger charge is 2.25. The maximum atomic E-state index is 5.17. The summed E-state index contributed by atoms with van der Waals surface area (Å²) in [6, 6.07) is 4.53. The number of aryl methyl sites for hydroxylation is 4. The van der Waals surface area contributed by atoms with Gasteiger partial charge in [-0.2, -0.15) is 4.98 Å². The van der Waals surface area contributed by atoms with Crippen molar-refractivity contribution in [1.82, 2.24) is 9.97 Å². The number of hydrogen-bond donors (Lipinski definition) is 0. The Labute approximate surface area is 171 Å². The van der Waals surface area contributed by atoms with E-state index in [9.17, 15) is 0 Å². The molecule has 1 aliphatic carbocycles. The van der Waals surface area contributed by atoms with Gasteiger partial charge < -0.3 is 9.80 Å². The fourth-order valence-corrected chi connectivity index (χ4v) is 4.64. The van der Waals surface area contributed by atoms with E-state index in [1.165, 1.54) is 45.9 Å². The lowest BCUT2D eigenvalue weighted by atomic mass is 10.0. The van der Waals surface area contributed by atoms with E-state index < -0.39 is 0 Å². The summed E-state index contributed by atoms with van der Waals surface area (Å²) in [6.07, 6.45) is 5.67. The van der Waals surface area contributed by atoms with Crippen LogP contribution in [0.15, 0.2) is 12.1 Å². The van der Waals surface area contributed by atoms with E-state index >= 15 is 0 Å². The average Bonchev–Trinajstić information content (AvgIpc) is 3.12. The number of hydrogen-bond acceptors (Lipinski definition) is 4. The van der Waals surface area contributed by atoms with Gasteiger partial charge >= 0.3 is 0 Å². The predicted octanol–water partition coefficient (Wildman–Crippen LogP) is 5.67. The lowest BCUT2D eigenvalue weighted by molar-refractivity contribution is 0.725. The number of rotatable bonds is 8. The fourth-order valence-electron chi connectivity index (χ4n) is 4.64. The summed E-state index contributed by atoms with van der Waals surface area (Å²) in [7, 11) is 0. The second-order valence-corrected chi connectivity index (χ2v) is 8.10. The maximum Gasteiger partial charge on any atom is 0.232 e. The molecule has 0 aliphatic heterocycles. The van der Waals surface area contributed by atoms with Crippen LogP contribution in [0.25, 0.3) is 0 Å². The predicted molar refractivity (Wildman–Crippen MR) is 120 cm³/mol. The first-order chi connectivity index (χ1) is 13.5. The molecule has 152 valence electrons. The van der Waals surface area contributed by atoms with Gasteiger partial charge in [0, 0.05) is 30.9 Å². The number of fused-ring (bicyclic) bond motifs is 1. The van der Waals surface area contributed by atoms with Crippen molar-refractivity contribution in [2.24, 2.45) is 0 Å². The number of benzene rings is 1. The Morgan fingerprint density at radius 3 is 2.11 bits per heavy atom. The largest absolute Gasteiger partial charge is 0.356 e. The molecule has 3 rings (SSSR count). The Morgan fingerprint density at radius 2 is 1.54 bits per heavy atom. The quantitative estimate of drug-likeness (QED) is 0.590. The van der Waals surface area contributed by atoms with Crippen LogP contribution < -0.4 is 9.80 Å². The summed E-state index contributed by atoms with van der Waals surface area (Å²) in [5, 5.41) is 0. The Kier molecular flexibility index (Phi) is 6.58. The molecule has 0 saturated heterocycles. The minimum atomic E-state index is 0.866. The molecule has 0 fully saturated rings. The number of nitrogens with zero attached hydrogens (tertiary/aromatic N) is 4. The van der Waals surface area contributed by atoms with Crippen LogP contribution in [0.5, 0.6) is 0 Å². The molecule has 0 spiro atoms. The van der Waals surface area contributed by atoms with Crippen LogP contribution in [0, 0.1) is 20.8 Å². The second kappa shape index (κ2) is 8.93. The van der Waals surface area contributed by atoms with Gasteiger partial charge in [-0.3, -0.25) is 0 Å². The van der Waals surface area contributed by atoms with E-state index in [4.69, 9.17) is 9.97 Å². The zero-order valence-corrected chi connectivity index (χ0v) is 18.6. The van der Waals surface area contributed by atoms with Crippen molar-refractivity contribution in [3.05, 3.63) is 40.1 Å².